The van der Waals surface area contributed by atoms with Gasteiger partial charge < -0.3 is 14.8 Å². The van der Waals surface area contributed by atoms with Crippen LogP contribution in [-0.4, -0.2) is 29.3 Å². The molecule has 0 saturated carbocycles. The van der Waals surface area contributed by atoms with Gasteiger partial charge in [0, 0.05) is 17.5 Å². The van der Waals surface area contributed by atoms with Crippen molar-refractivity contribution in [1.29, 1.82) is 0 Å². The Morgan fingerprint density at radius 3 is 2.75 bits per heavy atom. The van der Waals surface area contributed by atoms with Crippen LogP contribution in [0.25, 0.3) is 11.1 Å². The van der Waals surface area contributed by atoms with Crippen LogP contribution >= 0.6 is 11.8 Å². The zero-order chi connectivity index (χ0) is 16.9. The van der Waals surface area contributed by atoms with Crippen LogP contribution in [0.15, 0.2) is 41.5 Å². The number of nitrogens with one attached hydrogen (secondary N) is 1. The van der Waals surface area contributed by atoms with Gasteiger partial charge in [-0.15, -0.1) is 0 Å². The molecule has 5 nitrogen and oxygen atoms in total. The number of carbonyl (C=O) groups is 1. The fourth-order valence-corrected chi connectivity index (χ4v) is 3.35. The van der Waals surface area contributed by atoms with Crippen molar-refractivity contribution in [2.75, 3.05) is 12.9 Å². The Labute approximate surface area is 145 Å². The first-order valence-corrected chi connectivity index (χ1v) is 8.82. The third-order valence-corrected chi connectivity index (χ3v) is 4.84. The van der Waals surface area contributed by atoms with E-state index >= 15 is 0 Å². The van der Waals surface area contributed by atoms with Crippen molar-refractivity contribution in [2.45, 2.75) is 19.4 Å². The normalized spacial score (nSPS) is 15.9. The van der Waals surface area contributed by atoms with E-state index in [0.717, 1.165) is 46.1 Å². The Morgan fingerprint density at radius 1 is 1.29 bits per heavy atom. The van der Waals surface area contributed by atoms with Crippen LogP contribution in [0, 0.1) is 0 Å². The summed E-state index contributed by atoms with van der Waals surface area (Å²) in [5.41, 5.74) is 2.78. The minimum Gasteiger partial charge on any atom is -0.497 e. The number of hydrogen-bond donors (Lipinski definition) is 1. The molecule has 0 saturated heterocycles. The van der Waals surface area contributed by atoms with Crippen molar-refractivity contribution in [3.63, 3.8) is 0 Å². The summed E-state index contributed by atoms with van der Waals surface area (Å²) in [7, 11) is 1.64. The smallest absolute Gasteiger partial charge is 0.164 e. The van der Waals surface area contributed by atoms with Crippen LogP contribution in [0.5, 0.6) is 5.75 Å². The maximum atomic E-state index is 11.7. The molecule has 124 valence electrons. The molecular formula is C18H19N3O2S. The van der Waals surface area contributed by atoms with Gasteiger partial charge in [0.1, 0.15) is 18.1 Å². The van der Waals surface area contributed by atoms with Crippen LogP contribution in [0.4, 0.5) is 5.82 Å². The molecule has 1 aliphatic heterocycles. The lowest BCUT2D eigenvalue weighted by molar-refractivity contribution is -0.109. The molecule has 0 bridgehead atoms. The number of rotatable bonds is 5. The van der Waals surface area contributed by atoms with Crippen molar-refractivity contribution in [1.82, 2.24) is 10.3 Å². The van der Waals surface area contributed by atoms with E-state index in [2.05, 4.69) is 22.2 Å². The number of methoxy groups -OCH3 is 1. The first-order chi connectivity index (χ1) is 11.8. The lowest BCUT2D eigenvalue weighted by Gasteiger charge is -2.24. The van der Waals surface area contributed by atoms with E-state index in [-0.39, 0.29) is 0 Å². The molecule has 1 atom stereocenters. The highest BCUT2D eigenvalue weighted by atomic mass is 32.2. The highest BCUT2D eigenvalue weighted by molar-refractivity contribution is 8.13. The fourth-order valence-electron chi connectivity index (χ4n) is 2.59. The summed E-state index contributed by atoms with van der Waals surface area (Å²) >= 11 is 1.61. The third kappa shape index (κ3) is 3.28. The number of aliphatic imine (C=N–C) groups is 1. The summed E-state index contributed by atoms with van der Waals surface area (Å²) < 4.78 is 5.21. The number of thioether (sulfide) groups is 1. The van der Waals surface area contributed by atoms with Gasteiger partial charge in [-0.1, -0.05) is 30.8 Å². The number of benzene rings is 1. The summed E-state index contributed by atoms with van der Waals surface area (Å²) in [6.07, 6.45) is 3.69. The van der Waals surface area contributed by atoms with Gasteiger partial charge in [-0.2, -0.15) is 0 Å². The topological polar surface area (TPSA) is 63.6 Å². The number of fused-ring (bicyclic) bond motifs is 1. The molecule has 1 aromatic carbocycles. The maximum Gasteiger partial charge on any atom is 0.164 e. The number of aromatic nitrogens is 1. The average molecular weight is 341 g/mol. The highest BCUT2D eigenvalue weighted by Gasteiger charge is 2.26. The Bertz CT molecular complexity index is 759. The van der Waals surface area contributed by atoms with Crippen molar-refractivity contribution < 1.29 is 9.53 Å². The molecule has 1 aromatic heterocycles. The van der Waals surface area contributed by atoms with E-state index in [1.165, 1.54) is 0 Å². The highest BCUT2D eigenvalue weighted by Crippen LogP contribution is 2.37. The van der Waals surface area contributed by atoms with E-state index in [9.17, 15) is 4.79 Å². The molecule has 3 rings (SSSR count). The Hall–Kier alpha value is -2.34. The van der Waals surface area contributed by atoms with Gasteiger partial charge in [0.2, 0.25) is 0 Å². The monoisotopic (exact) mass is 341 g/mol. The van der Waals surface area contributed by atoms with Crippen LogP contribution in [0.3, 0.4) is 0 Å². The first kappa shape index (κ1) is 16.5. The number of pyridine rings is 1. The molecule has 1 aliphatic rings. The SMILES string of the molecule is CCCSC1=Nc2nccc(-c3ccc(OC)cc3)c2C(C=O)N1. The quantitative estimate of drug-likeness (QED) is 0.840. The maximum absolute atomic E-state index is 11.7. The number of ether oxygens (including phenoxy) is 1. The zero-order valence-corrected chi connectivity index (χ0v) is 14.5. The van der Waals surface area contributed by atoms with Crippen molar-refractivity contribution in [3.05, 3.63) is 42.1 Å². The van der Waals surface area contributed by atoms with E-state index in [1.807, 2.05) is 30.3 Å². The van der Waals surface area contributed by atoms with E-state index in [1.54, 1.807) is 25.1 Å². The van der Waals surface area contributed by atoms with Crippen molar-refractivity contribution >= 4 is 29.0 Å². The summed E-state index contributed by atoms with van der Waals surface area (Å²) in [4.78, 5) is 20.6. The largest absolute Gasteiger partial charge is 0.497 e. The standard InChI is InChI=1S/C18H19N3O2S/c1-3-10-24-18-20-15(11-22)16-14(8-9-19-17(16)21-18)12-4-6-13(23-2)7-5-12/h4-9,11,15H,3,10H2,1-2H3,(H,19,20,21). The van der Waals surface area contributed by atoms with Crippen LogP contribution < -0.4 is 10.1 Å². The van der Waals surface area contributed by atoms with Gasteiger partial charge in [-0.05, 0) is 35.7 Å². The van der Waals surface area contributed by atoms with Gasteiger partial charge >= 0.3 is 0 Å². The number of amidine groups is 1. The van der Waals surface area contributed by atoms with Crippen molar-refractivity contribution in [3.8, 4) is 16.9 Å². The second kappa shape index (κ2) is 7.49. The average Bonchev–Trinajstić information content (AvgIpc) is 2.65. The van der Waals surface area contributed by atoms with Crippen molar-refractivity contribution in [2.24, 2.45) is 4.99 Å². The molecule has 24 heavy (non-hydrogen) atoms. The molecule has 1 unspecified atom stereocenters. The fraction of sp³-hybridized carbons (Fsp3) is 0.278. The van der Waals surface area contributed by atoms with Gasteiger partial charge in [0.05, 0.1) is 7.11 Å². The molecule has 1 N–H and O–H groups in total. The molecule has 6 heteroatoms. The summed E-state index contributed by atoms with van der Waals surface area (Å²) in [5.74, 6) is 2.35. The molecular weight excluding hydrogens is 322 g/mol. The predicted molar refractivity (Wildman–Crippen MR) is 98.0 cm³/mol. The summed E-state index contributed by atoms with van der Waals surface area (Å²) in [5, 5.41) is 3.96. The number of nitrogens with zero attached hydrogens (tertiary/aromatic N) is 2. The van der Waals surface area contributed by atoms with Gasteiger partial charge in [0.15, 0.2) is 11.0 Å². The van der Waals surface area contributed by atoms with Crippen LogP contribution in [0.2, 0.25) is 0 Å². The molecule has 2 aromatic rings. The molecule has 0 spiro atoms. The molecule has 0 radical (unpaired) electrons. The van der Waals surface area contributed by atoms with Gasteiger partial charge in [-0.3, -0.25) is 0 Å². The number of carbonyl (C=O) groups excluding carboxylic acids is 1. The van der Waals surface area contributed by atoms with Crippen LogP contribution in [0.1, 0.15) is 24.9 Å². The molecule has 0 amide bonds. The third-order valence-electron chi connectivity index (χ3n) is 3.75. The minimum absolute atomic E-state index is 0.442. The van der Waals surface area contributed by atoms with Gasteiger partial charge in [-0.25, -0.2) is 9.98 Å². The van der Waals surface area contributed by atoms with Crippen LogP contribution in [-0.2, 0) is 4.79 Å². The first-order valence-electron chi connectivity index (χ1n) is 7.83. The Morgan fingerprint density at radius 2 is 2.08 bits per heavy atom. The second-order valence-electron chi connectivity index (χ2n) is 5.35. The summed E-state index contributed by atoms with van der Waals surface area (Å²) in [6.45, 7) is 2.11. The lowest BCUT2D eigenvalue weighted by atomic mass is 9.95. The van der Waals surface area contributed by atoms with E-state index in [4.69, 9.17) is 4.74 Å². The Balaban J connectivity index is 2.04. The number of aldehydes is 1. The summed E-state index contributed by atoms with van der Waals surface area (Å²) in [6, 6.07) is 9.23. The van der Waals surface area contributed by atoms with E-state index in [0.29, 0.717) is 5.82 Å². The number of hydrogen-bond acceptors (Lipinski definition) is 6. The van der Waals surface area contributed by atoms with Gasteiger partial charge in [0.25, 0.3) is 0 Å². The second-order valence-corrected chi connectivity index (χ2v) is 6.43. The zero-order valence-electron chi connectivity index (χ0n) is 13.7. The Kier molecular flexibility index (Phi) is 5.15. The molecule has 0 aliphatic carbocycles. The molecule has 2 heterocycles. The lowest BCUT2D eigenvalue weighted by Crippen LogP contribution is -2.31. The minimum atomic E-state index is -0.442. The molecule has 0 fully saturated rings. The van der Waals surface area contributed by atoms with E-state index < -0.39 is 6.04 Å². The predicted octanol–water partition coefficient (Wildman–Crippen LogP) is 3.73.